The number of hydrogen-bond donors (Lipinski definition) is 0. The molecule has 0 saturated heterocycles. The molecule has 0 atom stereocenters. The van der Waals surface area contributed by atoms with Gasteiger partial charge < -0.3 is 9.64 Å². The van der Waals surface area contributed by atoms with Gasteiger partial charge in [-0.05, 0) is 12.1 Å². The SMILES string of the molecule is COc1nccn2c(-c3cccc(C(=O)N(C)C)c3)cnc12. The molecule has 112 valence electrons. The second kappa shape index (κ2) is 5.48. The van der Waals surface area contributed by atoms with E-state index in [2.05, 4.69) is 9.97 Å². The molecule has 0 unspecified atom stereocenters. The molecule has 0 saturated carbocycles. The Labute approximate surface area is 128 Å². The lowest BCUT2D eigenvalue weighted by molar-refractivity contribution is 0.0827. The monoisotopic (exact) mass is 296 g/mol. The van der Waals surface area contributed by atoms with Crippen LogP contribution in [0.25, 0.3) is 16.9 Å². The van der Waals surface area contributed by atoms with E-state index in [4.69, 9.17) is 4.74 Å². The van der Waals surface area contributed by atoms with Crippen LogP contribution >= 0.6 is 0 Å². The second-order valence-electron chi connectivity index (χ2n) is 5.05. The lowest BCUT2D eigenvalue weighted by Crippen LogP contribution is -2.21. The summed E-state index contributed by atoms with van der Waals surface area (Å²) in [5, 5.41) is 0. The third kappa shape index (κ3) is 2.28. The van der Waals surface area contributed by atoms with Crippen molar-refractivity contribution in [1.82, 2.24) is 19.3 Å². The van der Waals surface area contributed by atoms with Crippen molar-refractivity contribution in [3.8, 4) is 17.1 Å². The van der Waals surface area contributed by atoms with Crippen LogP contribution in [0.2, 0.25) is 0 Å². The molecule has 0 radical (unpaired) electrons. The molecule has 0 spiro atoms. The molecule has 22 heavy (non-hydrogen) atoms. The van der Waals surface area contributed by atoms with Gasteiger partial charge in [0, 0.05) is 37.6 Å². The highest BCUT2D eigenvalue weighted by Gasteiger charge is 2.13. The fourth-order valence-electron chi connectivity index (χ4n) is 2.32. The zero-order chi connectivity index (χ0) is 15.7. The van der Waals surface area contributed by atoms with Gasteiger partial charge >= 0.3 is 0 Å². The van der Waals surface area contributed by atoms with Gasteiger partial charge in [-0.2, -0.15) is 0 Å². The van der Waals surface area contributed by atoms with Crippen LogP contribution in [0.1, 0.15) is 10.4 Å². The van der Waals surface area contributed by atoms with Gasteiger partial charge in [0.05, 0.1) is 19.0 Å². The lowest BCUT2D eigenvalue weighted by atomic mass is 10.1. The van der Waals surface area contributed by atoms with Gasteiger partial charge in [-0.25, -0.2) is 9.97 Å². The molecule has 6 heteroatoms. The van der Waals surface area contributed by atoms with E-state index in [1.807, 2.05) is 28.8 Å². The Balaban J connectivity index is 2.12. The molecule has 0 aliphatic carbocycles. The molecule has 1 aromatic carbocycles. The number of aromatic nitrogens is 3. The summed E-state index contributed by atoms with van der Waals surface area (Å²) in [5.74, 6) is 0.434. The zero-order valence-electron chi connectivity index (χ0n) is 12.6. The second-order valence-corrected chi connectivity index (χ2v) is 5.05. The number of fused-ring (bicyclic) bond motifs is 1. The van der Waals surface area contributed by atoms with Crippen molar-refractivity contribution in [3.05, 3.63) is 48.4 Å². The van der Waals surface area contributed by atoms with E-state index in [1.165, 1.54) is 0 Å². The predicted molar refractivity (Wildman–Crippen MR) is 83.0 cm³/mol. The van der Waals surface area contributed by atoms with Crippen LogP contribution in [0.3, 0.4) is 0 Å². The quantitative estimate of drug-likeness (QED) is 0.742. The topological polar surface area (TPSA) is 59.7 Å². The lowest BCUT2D eigenvalue weighted by Gasteiger charge is -2.11. The molecule has 3 aromatic rings. The van der Waals surface area contributed by atoms with Crippen LogP contribution in [0.4, 0.5) is 0 Å². The molecule has 3 rings (SSSR count). The van der Waals surface area contributed by atoms with E-state index in [0.717, 1.165) is 11.3 Å². The van der Waals surface area contributed by atoms with Gasteiger partial charge in [0.1, 0.15) is 0 Å². The average molecular weight is 296 g/mol. The third-order valence-corrected chi connectivity index (χ3v) is 3.40. The first-order valence-corrected chi connectivity index (χ1v) is 6.80. The predicted octanol–water partition coefficient (Wildman–Crippen LogP) is 2.11. The Morgan fingerprint density at radius 2 is 2.09 bits per heavy atom. The maximum absolute atomic E-state index is 12.1. The number of carbonyl (C=O) groups is 1. The Kier molecular flexibility index (Phi) is 3.50. The summed E-state index contributed by atoms with van der Waals surface area (Å²) in [5.41, 5.74) is 3.07. The minimum absolute atomic E-state index is 0.0325. The summed E-state index contributed by atoms with van der Waals surface area (Å²) in [6.45, 7) is 0. The highest BCUT2D eigenvalue weighted by molar-refractivity contribution is 5.95. The van der Waals surface area contributed by atoms with Crippen LogP contribution in [0.15, 0.2) is 42.9 Å². The molecule has 0 aliphatic heterocycles. The Morgan fingerprint density at radius 1 is 1.27 bits per heavy atom. The first-order chi connectivity index (χ1) is 10.6. The number of carbonyl (C=O) groups excluding carboxylic acids is 1. The van der Waals surface area contributed by atoms with Crippen molar-refractivity contribution in [2.24, 2.45) is 0 Å². The summed E-state index contributed by atoms with van der Waals surface area (Å²) in [7, 11) is 5.03. The fourth-order valence-corrected chi connectivity index (χ4v) is 2.32. The Bertz CT molecular complexity index is 839. The van der Waals surface area contributed by atoms with Crippen molar-refractivity contribution in [2.75, 3.05) is 21.2 Å². The van der Waals surface area contributed by atoms with Gasteiger partial charge in [-0.3, -0.25) is 9.20 Å². The maximum Gasteiger partial charge on any atom is 0.258 e. The van der Waals surface area contributed by atoms with Crippen molar-refractivity contribution in [2.45, 2.75) is 0 Å². The molecule has 0 fully saturated rings. The molecule has 0 N–H and O–H groups in total. The average Bonchev–Trinajstić information content (AvgIpc) is 2.98. The highest BCUT2D eigenvalue weighted by atomic mass is 16.5. The van der Waals surface area contributed by atoms with Crippen molar-refractivity contribution < 1.29 is 9.53 Å². The van der Waals surface area contributed by atoms with Gasteiger partial charge in [-0.15, -0.1) is 0 Å². The van der Waals surface area contributed by atoms with Crippen LogP contribution in [0, 0.1) is 0 Å². The van der Waals surface area contributed by atoms with Gasteiger partial charge in [0.25, 0.3) is 11.8 Å². The maximum atomic E-state index is 12.1. The number of ether oxygens (including phenoxy) is 1. The number of rotatable bonds is 3. The molecular weight excluding hydrogens is 280 g/mol. The normalized spacial score (nSPS) is 10.7. The fraction of sp³-hybridized carbons (Fsp3) is 0.188. The smallest absolute Gasteiger partial charge is 0.258 e. The summed E-state index contributed by atoms with van der Waals surface area (Å²) >= 11 is 0. The molecule has 6 nitrogen and oxygen atoms in total. The molecule has 0 bridgehead atoms. The highest BCUT2D eigenvalue weighted by Crippen LogP contribution is 2.25. The minimum Gasteiger partial charge on any atom is -0.478 e. The van der Waals surface area contributed by atoms with Gasteiger partial charge in [0.15, 0.2) is 0 Å². The Hall–Kier alpha value is -2.89. The van der Waals surface area contributed by atoms with Crippen LogP contribution in [-0.4, -0.2) is 46.4 Å². The first kappa shape index (κ1) is 14.1. The summed E-state index contributed by atoms with van der Waals surface area (Å²) in [6.07, 6.45) is 5.23. The minimum atomic E-state index is -0.0325. The summed E-state index contributed by atoms with van der Waals surface area (Å²) < 4.78 is 7.11. The summed E-state index contributed by atoms with van der Waals surface area (Å²) in [6, 6.07) is 7.47. The van der Waals surface area contributed by atoms with Crippen LogP contribution < -0.4 is 4.74 Å². The number of benzene rings is 1. The molecule has 0 aliphatic rings. The van der Waals surface area contributed by atoms with Crippen LogP contribution in [0.5, 0.6) is 5.88 Å². The largest absolute Gasteiger partial charge is 0.478 e. The van der Waals surface area contributed by atoms with Crippen molar-refractivity contribution in [1.29, 1.82) is 0 Å². The molecular formula is C16H16N4O2. The van der Waals surface area contributed by atoms with E-state index in [9.17, 15) is 4.79 Å². The third-order valence-electron chi connectivity index (χ3n) is 3.40. The van der Waals surface area contributed by atoms with E-state index < -0.39 is 0 Å². The van der Waals surface area contributed by atoms with Gasteiger partial charge in [-0.1, -0.05) is 12.1 Å². The molecule has 2 aromatic heterocycles. The molecule has 1 amide bonds. The number of methoxy groups -OCH3 is 1. The van der Waals surface area contributed by atoms with Crippen molar-refractivity contribution in [3.63, 3.8) is 0 Å². The molecule has 2 heterocycles. The van der Waals surface area contributed by atoms with Crippen LogP contribution in [-0.2, 0) is 0 Å². The number of imidazole rings is 1. The van der Waals surface area contributed by atoms with Crippen molar-refractivity contribution >= 4 is 11.6 Å². The number of amides is 1. The summed E-state index contributed by atoms with van der Waals surface area (Å²) in [4.78, 5) is 22.2. The van der Waals surface area contributed by atoms with E-state index in [1.54, 1.807) is 44.6 Å². The standard InChI is InChI=1S/C16H16N4O2/c1-19(2)16(21)12-6-4-5-11(9-12)13-10-18-14-15(22-3)17-7-8-20(13)14/h4-10H,1-3H3. The van der Waals surface area contributed by atoms with E-state index in [-0.39, 0.29) is 5.91 Å². The number of hydrogen-bond acceptors (Lipinski definition) is 4. The first-order valence-electron chi connectivity index (χ1n) is 6.80. The number of nitrogens with zero attached hydrogens (tertiary/aromatic N) is 4. The Morgan fingerprint density at radius 3 is 2.82 bits per heavy atom. The van der Waals surface area contributed by atoms with Gasteiger partial charge in [0.2, 0.25) is 5.65 Å². The van der Waals surface area contributed by atoms with E-state index >= 15 is 0 Å². The zero-order valence-corrected chi connectivity index (χ0v) is 12.6. The van der Waals surface area contributed by atoms with E-state index in [0.29, 0.717) is 17.1 Å².